The Morgan fingerprint density at radius 2 is 2.04 bits per heavy atom. The summed E-state index contributed by atoms with van der Waals surface area (Å²) >= 11 is 12.3. The van der Waals surface area contributed by atoms with Crippen LogP contribution in [0.25, 0.3) is 0 Å². The van der Waals surface area contributed by atoms with Crippen molar-refractivity contribution in [1.82, 2.24) is 20.0 Å². The van der Waals surface area contributed by atoms with Crippen LogP contribution >= 0.6 is 23.2 Å². The van der Waals surface area contributed by atoms with E-state index in [1.54, 1.807) is 28.9 Å². The van der Waals surface area contributed by atoms with Gasteiger partial charge in [-0.3, -0.25) is 9.48 Å². The molecule has 3 aromatic rings. The van der Waals surface area contributed by atoms with Gasteiger partial charge in [-0.2, -0.15) is 5.10 Å². The highest BCUT2D eigenvalue weighted by Crippen LogP contribution is 2.25. The molecule has 3 rings (SSSR count). The van der Waals surface area contributed by atoms with E-state index in [2.05, 4.69) is 20.6 Å². The third-order valence-corrected chi connectivity index (χ3v) is 4.29. The number of carbonyl (C=O) groups is 1. The van der Waals surface area contributed by atoms with Gasteiger partial charge < -0.3 is 15.4 Å². The number of aryl methyl sites for hydroxylation is 1. The van der Waals surface area contributed by atoms with Crippen molar-refractivity contribution < 1.29 is 9.72 Å². The maximum Gasteiger partial charge on any atom is 0.343 e. The summed E-state index contributed by atoms with van der Waals surface area (Å²) in [6, 6.07) is 7.91. The molecule has 0 spiro atoms. The van der Waals surface area contributed by atoms with Gasteiger partial charge in [-0.05, 0) is 24.0 Å². The van der Waals surface area contributed by atoms with Crippen LogP contribution in [0.1, 0.15) is 21.7 Å². The van der Waals surface area contributed by atoms with Crippen molar-refractivity contribution in [2.75, 3.05) is 5.32 Å². The SMILES string of the molecule is Cc1cc(NC(=O)c2cc([N+](=O)[O-])[nH]n2)nn1Cc1c(Cl)cccc1Cl. The van der Waals surface area contributed by atoms with Crippen LogP contribution in [0.3, 0.4) is 0 Å². The van der Waals surface area contributed by atoms with Crippen LogP contribution < -0.4 is 5.32 Å². The van der Waals surface area contributed by atoms with Crippen molar-refractivity contribution in [2.45, 2.75) is 13.5 Å². The lowest BCUT2D eigenvalue weighted by atomic mass is 10.2. The molecular weight excluding hydrogens is 383 g/mol. The van der Waals surface area contributed by atoms with Gasteiger partial charge in [0.15, 0.2) is 11.5 Å². The Morgan fingerprint density at radius 3 is 2.65 bits per heavy atom. The maximum atomic E-state index is 12.1. The summed E-state index contributed by atoms with van der Waals surface area (Å²) in [7, 11) is 0. The van der Waals surface area contributed by atoms with Crippen LogP contribution in [0.4, 0.5) is 11.6 Å². The second kappa shape index (κ2) is 7.14. The van der Waals surface area contributed by atoms with Crippen molar-refractivity contribution in [2.24, 2.45) is 0 Å². The zero-order valence-corrected chi connectivity index (χ0v) is 14.9. The molecule has 0 aliphatic rings. The number of rotatable bonds is 5. The summed E-state index contributed by atoms with van der Waals surface area (Å²) in [6.07, 6.45) is 0. The Labute approximate surface area is 157 Å². The van der Waals surface area contributed by atoms with E-state index in [4.69, 9.17) is 23.2 Å². The van der Waals surface area contributed by atoms with Gasteiger partial charge in [-0.1, -0.05) is 34.4 Å². The summed E-state index contributed by atoms with van der Waals surface area (Å²) in [5.74, 6) is -0.707. The van der Waals surface area contributed by atoms with Crippen LogP contribution in [0, 0.1) is 17.0 Å². The molecule has 0 atom stereocenters. The molecule has 2 N–H and O–H groups in total. The molecule has 0 radical (unpaired) electrons. The van der Waals surface area contributed by atoms with Gasteiger partial charge in [0.25, 0.3) is 5.91 Å². The minimum absolute atomic E-state index is 0.113. The summed E-state index contributed by atoms with van der Waals surface area (Å²) < 4.78 is 1.63. The molecule has 2 aromatic heterocycles. The standard InChI is InChI=1S/C15H12Cl2N6O3/c1-8-5-13(18-15(24)12-6-14(20-19-12)23(25)26)21-22(8)7-9-10(16)3-2-4-11(9)17/h2-6H,7H2,1H3,(H,19,20)(H,18,21,24). The zero-order chi connectivity index (χ0) is 18.8. The highest BCUT2D eigenvalue weighted by atomic mass is 35.5. The number of aromatic nitrogens is 4. The monoisotopic (exact) mass is 394 g/mol. The molecule has 0 aliphatic carbocycles. The fourth-order valence-electron chi connectivity index (χ4n) is 2.27. The number of anilines is 1. The highest BCUT2D eigenvalue weighted by Gasteiger charge is 2.18. The normalized spacial score (nSPS) is 10.7. The number of hydrogen-bond acceptors (Lipinski definition) is 5. The number of nitro groups is 1. The Kier molecular flexibility index (Phi) is 4.92. The van der Waals surface area contributed by atoms with E-state index in [1.165, 1.54) is 0 Å². The molecule has 2 heterocycles. The van der Waals surface area contributed by atoms with Gasteiger partial charge in [0.05, 0.1) is 12.6 Å². The third kappa shape index (κ3) is 3.68. The predicted molar refractivity (Wildman–Crippen MR) is 95.7 cm³/mol. The number of amides is 1. The van der Waals surface area contributed by atoms with Crippen molar-refractivity contribution in [3.05, 3.63) is 67.4 Å². The highest BCUT2D eigenvalue weighted by molar-refractivity contribution is 6.35. The van der Waals surface area contributed by atoms with Crippen LogP contribution in [0.2, 0.25) is 10.0 Å². The summed E-state index contributed by atoms with van der Waals surface area (Å²) in [5.41, 5.74) is 1.37. The largest absolute Gasteiger partial charge is 0.358 e. The molecule has 26 heavy (non-hydrogen) atoms. The van der Waals surface area contributed by atoms with E-state index in [0.29, 0.717) is 22.2 Å². The lowest BCUT2D eigenvalue weighted by molar-refractivity contribution is -0.389. The van der Waals surface area contributed by atoms with Gasteiger partial charge in [-0.15, -0.1) is 5.10 Å². The number of nitrogens with one attached hydrogen (secondary N) is 2. The second-order valence-corrected chi connectivity index (χ2v) is 6.19. The van der Waals surface area contributed by atoms with E-state index in [-0.39, 0.29) is 17.3 Å². The Balaban J connectivity index is 1.77. The average Bonchev–Trinajstić information content (AvgIpc) is 3.18. The lowest BCUT2D eigenvalue weighted by Gasteiger charge is -2.08. The number of halogens is 2. The molecule has 1 aromatic carbocycles. The first-order valence-electron chi connectivity index (χ1n) is 7.33. The number of H-pyrrole nitrogens is 1. The molecule has 0 aliphatic heterocycles. The third-order valence-electron chi connectivity index (χ3n) is 3.59. The number of benzene rings is 1. The van der Waals surface area contributed by atoms with Crippen LogP contribution in [0.15, 0.2) is 30.3 Å². The van der Waals surface area contributed by atoms with Crippen LogP contribution in [-0.4, -0.2) is 30.8 Å². The maximum absolute atomic E-state index is 12.1. The topological polar surface area (TPSA) is 119 Å². The fraction of sp³-hybridized carbons (Fsp3) is 0.133. The molecule has 1 amide bonds. The van der Waals surface area contributed by atoms with Gasteiger partial charge in [0.2, 0.25) is 0 Å². The first kappa shape index (κ1) is 17.9. The Morgan fingerprint density at radius 1 is 1.35 bits per heavy atom. The van der Waals surface area contributed by atoms with E-state index >= 15 is 0 Å². The molecule has 0 saturated carbocycles. The first-order valence-corrected chi connectivity index (χ1v) is 8.09. The molecule has 0 saturated heterocycles. The summed E-state index contributed by atoms with van der Waals surface area (Å²) in [5, 5.41) is 24.3. The van der Waals surface area contributed by atoms with Crippen molar-refractivity contribution in [3.8, 4) is 0 Å². The van der Waals surface area contributed by atoms with Crippen molar-refractivity contribution in [3.63, 3.8) is 0 Å². The first-order chi connectivity index (χ1) is 12.3. The molecule has 0 unspecified atom stereocenters. The van der Waals surface area contributed by atoms with Gasteiger partial charge in [-0.25, -0.2) is 0 Å². The molecule has 0 fully saturated rings. The second-order valence-electron chi connectivity index (χ2n) is 5.38. The zero-order valence-electron chi connectivity index (χ0n) is 13.4. The molecule has 9 nitrogen and oxygen atoms in total. The van der Waals surface area contributed by atoms with Crippen LogP contribution in [0.5, 0.6) is 0 Å². The number of hydrogen-bond donors (Lipinski definition) is 2. The van der Waals surface area contributed by atoms with Crippen molar-refractivity contribution >= 4 is 40.7 Å². The van der Waals surface area contributed by atoms with Gasteiger partial charge in [0, 0.05) is 27.4 Å². The summed E-state index contributed by atoms with van der Waals surface area (Å²) in [6.45, 7) is 2.14. The van der Waals surface area contributed by atoms with E-state index in [1.807, 2.05) is 6.92 Å². The minimum Gasteiger partial charge on any atom is -0.358 e. The quantitative estimate of drug-likeness (QED) is 0.507. The van der Waals surface area contributed by atoms with E-state index in [0.717, 1.165) is 11.8 Å². The average molecular weight is 395 g/mol. The molecule has 134 valence electrons. The number of nitrogens with zero attached hydrogens (tertiary/aromatic N) is 4. The Hall–Kier alpha value is -2.91. The minimum atomic E-state index is -0.671. The van der Waals surface area contributed by atoms with Crippen molar-refractivity contribution in [1.29, 1.82) is 0 Å². The number of carbonyl (C=O) groups excluding carboxylic acids is 1. The molecular formula is C15H12Cl2N6O3. The smallest absolute Gasteiger partial charge is 0.343 e. The predicted octanol–water partition coefficient (Wildman–Crippen LogP) is 3.43. The Bertz CT molecular complexity index is 977. The number of aromatic amines is 1. The molecule has 11 heteroatoms. The van der Waals surface area contributed by atoms with E-state index < -0.39 is 10.8 Å². The molecule has 0 bridgehead atoms. The fourth-order valence-corrected chi connectivity index (χ4v) is 2.78. The van der Waals surface area contributed by atoms with Gasteiger partial charge in [0.1, 0.15) is 0 Å². The lowest BCUT2D eigenvalue weighted by Crippen LogP contribution is -2.13. The summed E-state index contributed by atoms with van der Waals surface area (Å²) in [4.78, 5) is 22.1. The van der Waals surface area contributed by atoms with E-state index in [9.17, 15) is 14.9 Å². The van der Waals surface area contributed by atoms with Crippen LogP contribution in [-0.2, 0) is 6.54 Å². The van der Waals surface area contributed by atoms with Gasteiger partial charge >= 0.3 is 5.82 Å².